The lowest BCUT2D eigenvalue weighted by molar-refractivity contribution is 0.0117. The van der Waals surface area contributed by atoms with Gasteiger partial charge in [0.2, 0.25) is 0 Å². The highest BCUT2D eigenvalue weighted by atomic mass is 16.5. The van der Waals surface area contributed by atoms with Gasteiger partial charge in [0.05, 0.1) is 17.7 Å². The minimum atomic E-state index is -0.549. The smallest absolute Gasteiger partial charge is 0.119 e. The van der Waals surface area contributed by atoms with Gasteiger partial charge in [0.1, 0.15) is 18.5 Å². The molecule has 2 rings (SSSR count). The van der Waals surface area contributed by atoms with Crippen LogP contribution in [0.25, 0.3) is 0 Å². The fraction of sp³-hybridized carbons (Fsp3) is 0.533. The van der Waals surface area contributed by atoms with E-state index in [2.05, 4.69) is 5.32 Å². The van der Waals surface area contributed by atoms with Crippen LogP contribution in [0.1, 0.15) is 18.4 Å². The van der Waals surface area contributed by atoms with Crippen LogP contribution in [0.2, 0.25) is 0 Å². The van der Waals surface area contributed by atoms with Crippen molar-refractivity contribution in [3.05, 3.63) is 29.8 Å². The average Bonchev–Trinajstić information content (AvgIpc) is 2.44. The molecule has 1 aliphatic carbocycles. The van der Waals surface area contributed by atoms with Crippen molar-refractivity contribution in [3.8, 4) is 11.8 Å². The molecule has 1 unspecified atom stereocenters. The topological polar surface area (TPSA) is 74.5 Å². The maximum Gasteiger partial charge on any atom is 0.119 e. The number of rotatable bonds is 7. The number of nitrogens with one attached hydrogen (secondary N) is 1. The highest BCUT2D eigenvalue weighted by Crippen LogP contribution is 2.22. The van der Waals surface area contributed by atoms with Crippen molar-refractivity contribution in [2.24, 2.45) is 0 Å². The van der Waals surface area contributed by atoms with E-state index >= 15 is 0 Å². The molecule has 1 atom stereocenters. The first kappa shape index (κ1) is 14.8. The molecule has 0 spiro atoms. The van der Waals surface area contributed by atoms with Crippen molar-refractivity contribution in [3.63, 3.8) is 0 Å². The number of ether oxygens (including phenoxy) is 2. The predicted octanol–water partition coefficient (Wildman–Crippen LogP) is 1.06. The van der Waals surface area contributed by atoms with Crippen molar-refractivity contribution in [2.75, 3.05) is 20.3 Å². The van der Waals surface area contributed by atoms with Crippen molar-refractivity contribution < 1.29 is 14.6 Å². The monoisotopic (exact) mass is 276 g/mol. The molecule has 5 heteroatoms. The summed E-state index contributed by atoms with van der Waals surface area (Å²) in [7, 11) is 1.72. The first-order valence-corrected chi connectivity index (χ1v) is 6.78. The summed E-state index contributed by atoms with van der Waals surface area (Å²) in [6.07, 6.45) is 1.81. The molecule has 0 heterocycles. The highest BCUT2D eigenvalue weighted by molar-refractivity contribution is 5.34. The Morgan fingerprint density at radius 1 is 1.40 bits per heavy atom. The Kier molecular flexibility index (Phi) is 5.36. The largest absolute Gasteiger partial charge is 0.491 e. The third-order valence-electron chi connectivity index (χ3n) is 3.50. The minimum Gasteiger partial charge on any atom is -0.491 e. The third kappa shape index (κ3) is 4.20. The van der Waals surface area contributed by atoms with Gasteiger partial charge in [-0.1, -0.05) is 0 Å². The standard InChI is InChI=1S/C15H20N2O3/c1-19-15-6-12(7-15)17-9-13(18)10-20-14-4-2-11(8-16)3-5-14/h2-5,12-13,15,17-18H,6-7,9-10H2,1H3. The van der Waals surface area contributed by atoms with Gasteiger partial charge in [0.25, 0.3) is 0 Å². The summed E-state index contributed by atoms with van der Waals surface area (Å²) in [6.45, 7) is 0.747. The molecular weight excluding hydrogens is 256 g/mol. The Hall–Kier alpha value is -1.61. The van der Waals surface area contributed by atoms with Crippen LogP contribution < -0.4 is 10.1 Å². The number of benzene rings is 1. The van der Waals surface area contributed by atoms with Crippen molar-refractivity contribution in [1.29, 1.82) is 5.26 Å². The number of aliphatic hydroxyl groups excluding tert-OH is 1. The van der Waals surface area contributed by atoms with Crippen LogP contribution in [-0.4, -0.2) is 43.6 Å². The van der Waals surface area contributed by atoms with Gasteiger partial charge in [0.15, 0.2) is 0 Å². The minimum absolute atomic E-state index is 0.235. The average molecular weight is 276 g/mol. The van der Waals surface area contributed by atoms with Crippen LogP contribution in [0.15, 0.2) is 24.3 Å². The van der Waals surface area contributed by atoms with Gasteiger partial charge < -0.3 is 19.9 Å². The van der Waals surface area contributed by atoms with Crippen molar-refractivity contribution >= 4 is 0 Å². The maximum absolute atomic E-state index is 9.83. The number of nitriles is 1. The molecule has 1 aliphatic rings. The first-order valence-electron chi connectivity index (χ1n) is 6.78. The van der Waals surface area contributed by atoms with Gasteiger partial charge in [-0.15, -0.1) is 0 Å². The molecule has 1 aromatic rings. The van der Waals surface area contributed by atoms with E-state index in [1.54, 1.807) is 31.4 Å². The van der Waals surface area contributed by atoms with Crippen molar-refractivity contribution in [1.82, 2.24) is 5.32 Å². The Bertz CT molecular complexity index is 449. The Morgan fingerprint density at radius 2 is 2.10 bits per heavy atom. The molecule has 0 amide bonds. The number of hydrogen-bond acceptors (Lipinski definition) is 5. The van der Waals surface area contributed by atoms with Gasteiger partial charge >= 0.3 is 0 Å². The van der Waals surface area contributed by atoms with Gasteiger partial charge in [-0.25, -0.2) is 0 Å². The van der Waals surface area contributed by atoms with E-state index in [0.29, 0.717) is 30.0 Å². The summed E-state index contributed by atoms with van der Waals surface area (Å²) in [4.78, 5) is 0. The Morgan fingerprint density at radius 3 is 2.70 bits per heavy atom. The zero-order valence-electron chi connectivity index (χ0n) is 11.6. The molecule has 1 saturated carbocycles. The molecule has 20 heavy (non-hydrogen) atoms. The SMILES string of the molecule is COC1CC(NCC(O)COc2ccc(C#N)cc2)C1. The van der Waals surface area contributed by atoms with E-state index in [1.165, 1.54) is 0 Å². The molecule has 2 N–H and O–H groups in total. The lowest BCUT2D eigenvalue weighted by Gasteiger charge is -2.35. The van der Waals surface area contributed by atoms with E-state index in [1.807, 2.05) is 6.07 Å². The van der Waals surface area contributed by atoms with Crippen LogP contribution in [0.4, 0.5) is 0 Å². The molecule has 5 nitrogen and oxygen atoms in total. The summed E-state index contributed by atoms with van der Waals surface area (Å²) < 4.78 is 10.7. The van der Waals surface area contributed by atoms with E-state index in [9.17, 15) is 5.11 Å². The van der Waals surface area contributed by atoms with Gasteiger partial charge in [-0.05, 0) is 37.1 Å². The summed E-state index contributed by atoms with van der Waals surface area (Å²) in [5.74, 6) is 0.658. The molecule has 0 aliphatic heterocycles. The highest BCUT2D eigenvalue weighted by Gasteiger charge is 2.28. The van der Waals surface area contributed by atoms with E-state index in [0.717, 1.165) is 12.8 Å². The zero-order chi connectivity index (χ0) is 14.4. The van der Waals surface area contributed by atoms with E-state index in [4.69, 9.17) is 14.7 Å². The molecular formula is C15H20N2O3. The molecule has 0 aromatic heterocycles. The third-order valence-corrected chi connectivity index (χ3v) is 3.50. The summed E-state index contributed by atoms with van der Waals surface area (Å²) in [6, 6.07) is 9.33. The van der Waals surface area contributed by atoms with Gasteiger partial charge in [0, 0.05) is 19.7 Å². The quantitative estimate of drug-likeness (QED) is 0.779. The second kappa shape index (κ2) is 7.25. The van der Waals surface area contributed by atoms with E-state index in [-0.39, 0.29) is 6.61 Å². The second-order valence-electron chi connectivity index (χ2n) is 5.04. The molecule has 0 radical (unpaired) electrons. The predicted molar refractivity (Wildman–Crippen MR) is 74.5 cm³/mol. The Labute approximate surface area is 119 Å². The van der Waals surface area contributed by atoms with Crippen molar-refractivity contribution in [2.45, 2.75) is 31.1 Å². The van der Waals surface area contributed by atoms with Gasteiger partial charge in [-0.2, -0.15) is 5.26 Å². The van der Waals surface area contributed by atoms with Crippen LogP contribution in [0, 0.1) is 11.3 Å². The number of aliphatic hydroxyl groups is 1. The van der Waals surface area contributed by atoms with Crippen LogP contribution >= 0.6 is 0 Å². The Balaban J connectivity index is 1.62. The normalized spacial score (nSPS) is 22.6. The number of hydrogen-bond donors (Lipinski definition) is 2. The molecule has 1 aromatic carbocycles. The summed E-state index contributed by atoms with van der Waals surface area (Å²) >= 11 is 0. The lowest BCUT2D eigenvalue weighted by atomic mass is 9.89. The zero-order valence-corrected chi connectivity index (χ0v) is 11.6. The molecule has 1 fully saturated rings. The first-order chi connectivity index (χ1) is 9.71. The van der Waals surface area contributed by atoms with Crippen LogP contribution in [0.3, 0.4) is 0 Å². The van der Waals surface area contributed by atoms with Gasteiger partial charge in [-0.3, -0.25) is 0 Å². The van der Waals surface area contributed by atoms with Crippen LogP contribution in [-0.2, 0) is 4.74 Å². The molecule has 108 valence electrons. The molecule has 0 bridgehead atoms. The maximum atomic E-state index is 9.83. The fourth-order valence-corrected chi connectivity index (χ4v) is 2.10. The summed E-state index contributed by atoms with van der Waals surface area (Å²) in [5.41, 5.74) is 0.595. The fourth-order valence-electron chi connectivity index (χ4n) is 2.10. The van der Waals surface area contributed by atoms with E-state index < -0.39 is 6.10 Å². The second-order valence-corrected chi connectivity index (χ2v) is 5.04. The number of nitrogens with zero attached hydrogens (tertiary/aromatic N) is 1. The number of methoxy groups -OCH3 is 1. The summed E-state index contributed by atoms with van der Waals surface area (Å²) in [5, 5.41) is 21.8. The van der Waals surface area contributed by atoms with Crippen LogP contribution in [0.5, 0.6) is 5.75 Å². The lowest BCUT2D eigenvalue weighted by Crippen LogP contribution is -2.48. The molecule has 0 saturated heterocycles.